The van der Waals surface area contributed by atoms with Crippen molar-refractivity contribution in [3.63, 3.8) is 0 Å². The highest BCUT2D eigenvalue weighted by molar-refractivity contribution is 5.66. The summed E-state index contributed by atoms with van der Waals surface area (Å²) < 4.78 is 30.3. The third kappa shape index (κ3) is 2.69. The van der Waals surface area contributed by atoms with E-state index in [1.165, 1.54) is 6.92 Å². The molecule has 0 amide bonds. The summed E-state index contributed by atoms with van der Waals surface area (Å²) in [4.78, 5) is 11.8. The van der Waals surface area contributed by atoms with Gasteiger partial charge in [-0.05, 0) is 54.4 Å². The number of carbonyl (C=O) groups excluding carboxylic acids is 1. The van der Waals surface area contributed by atoms with Gasteiger partial charge in [-0.2, -0.15) is 0 Å². The van der Waals surface area contributed by atoms with Crippen LogP contribution in [-0.4, -0.2) is 47.1 Å². The summed E-state index contributed by atoms with van der Waals surface area (Å²) in [5, 5.41) is 0. The molecular weight excluding hydrogens is 300 g/mol. The molecule has 4 atom stereocenters. The molecule has 3 fully saturated rings. The lowest BCUT2D eigenvalue weighted by molar-refractivity contribution is -0.231. The Hall–Kier alpha value is -0.690. The predicted octanol–water partition coefficient (Wildman–Crippen LogP) is 2.53. The lowest BCUT2D eigenvalue weighted by atomic mass is 9.70. The minimum Gasteiger partial charge on any atom is -0.456 e. The van der Waals surface area contributed by atoms with Crippen LogP contribution in [0.3, 0.4) is 0 Å². The first-order valence-electron chi connectivity index (χ1n) is 8.31. The van der Waals surface area contributed by atoms with Crippen LogP contribution in [-0.2, 0) is 28.5 Å². The Morgan fingerprint density at radius 1 is 1.00 bits per heavy atom. The molecule has 1 saturated carbocycles. The van der Waals surface area contributed by atoms with Gasteiger partial charge in [0.2, 0.25) is 0 Å². The number of fused-ring (bicyclic) bond motifs is 1. The van der Waals surface area contributed by atoms with E-state index in [1.807, 2.05) is 41.5 Å². The second-order valence-electron chi connectivity index (χ2n) is 8.21. The maximum absolute atomic E-state index is 11.8. The SMILES string of the molecule is CC(=O)O[C@H]1[C@@H]2OC(C)(C)O[C@@H]2CC[C@@]12OC(C)(C)OC2(C)C. The summed E-state index contributed by atoms with van der Waals surface area (Å²) >= 11 is 0. The van der Waals surface area contributed by atoms with Crippen molar-refractivity contribution in [1.29, 1.82) is 0 Å². The first kappa shape index (κ1) is 17.1. The van der Waals surface area contributed by atoms with Crippen LogP contribution in [0.2, 0.25) is 0 Å². The molecule has 3 aliphatic rings. The van der Waals surface area contributed by atoms with Crippen LogP contribution in [0.4, 0.5) is 0 Å². The zero-order valence-electron chi connectivity index (χ0n) is 15.1. The van der Waals surface area contributed by atoms with E-state index >= 15 is 0 Å². The van der Waals surface area contributed by atoms with E-state index in [9.17, 15) is 4.79 Å². The maximum atomic E-state index is 11.8. The van der Waals surface area contributed by atoms with Crippen molar-refractivity contribution in [2.45, 2.75) is 102 Å². The number of esters is 1. The Balaban J connectivity index is 2.01. The number of ether oxygens (including phenoxy) is 5. The highest BCUT2D eigenvalue weighted by Gasteiger charge is 2.69. The summed E-state index contributed by atoms with van der Waals surface area (Å²) in [5.41, 5.74) is -1.37. The van der Waals surface area contributed by atoms with Gasteiger partial charge in [0.1, 0.15) is 11.7 Å². The smallest absolute Gasteiger partial charge is 0.303 e. The van der Waals surface area contributed by atoms with Crippen LogP contribution < -0.4 is 0 Å². The third-order valence-electron chi connectivity index (χ3n) is 5.02. The first-order chi connectivity index (χ1) is 10.4. The largest absolute Gasteiger partial charge is 0.456 e. The van der Waals surface area contributed by atoms with Crippen molar-refractivity contribution in [2.75, 3.05) is 0 Å². The monoisotopic (exact) mass is 328 g/mol. The summed E-state index contributed by atoms with van der Waals surface area (Å²) in [7, 11) is 0. The Morgan fingerprint density at radius 3 is 2.17 bits per heavy atom. The Morgan fingerprint density at radius 2 is 1.65 bits per heavy atom. The average Bonchev–Trinajstić information content (AvgIpc) is 2.73. The van der Waals surface area contributed by atoms with Crippen molar-refractivity contribution in [1.82, 2.24) is 0 Å². The molecule has 1 spiro atoms. The van der Waals surface area contributed by atoms with Crippen molar-refractivity contribution in [2.24, 2.45) is 0 Å². The molecule has 0 N–H and O–H groups in total. The molecule has 132 valence electrons. The van der Waals surface area contributed by atoms with E-state index in [4.69, 9.17) is 23.7 Å². The molecule has 0 aromatic heterocycles. The summed E-state index contributed by atoms with van der Waals surface area (Å²) in [6.45, 7) is 12.9. The normalized spacial score (nSPS) is 43.3. The molecule has 0 aromatic rings. The van der Waals surface area contributed by atoms with Gasteiger partial charge in [0.15, 0.2) is 17.7 Å². The van der Waals surface area contributed by atoms with Crippen molar-refractivity contribution < 1.29 is 28.5 Å². The minimum atomic E-state index is -0.757. The molecule has 23 heavy (non-hydrogen) atoms. The number of hydrogen-bond acceptors (Lipinski definition) is 6. The lowest BCUT2D eigenvalue weighted by Crippen LogP contribution is -2.65. The van der Waals surface area contributed by atoms with Gasteiger partial charge >= 0.3 is 5.97 Å². The summed E-state index contributed by atoms with van der Waals surface area (Å²) in [5.74, 6) is -1.80. The fraction of sp³-hybridized carbons (Fsp3) is 0.941. The molecule has 0 aromatic carbocycles. The van der Waals surface area contributed by atoms with Crippen LogP contribution in [0.1, 0.15) is 61.3 Å². The molecule has 0 radical (unpaired) electrons. The van der Waals surface area contributed by atoms with E-state index < -0.39 is 28.9 Å². The molecule has 6 nitrogen and oxygen atoms in total. The number of carbonyl (C=O) groups is 1. The van der Waals surface area contributed by atoms with Gasteiger partial charge in [0, 0.05) is 6.92 Å². The van der Waals surface area contributed by atoms with Gasteiger partial charge in [-0.1, -0.05) is 0 Å². The van der Waals surface area contributed by atoms with E-state index in [0.717, 1.165) is 6.42 Å². The fourth-order valence-corrected chi connectivity index (χ4v) is 4.48. The second-order valence-corrected chi connectivity index (χ2v) is 8.21. The predicted molar refractivity (Wildman–Crippen MR) is 81.7 cm³/mol. The third-order valence-corrected chi connectivity index (χ3v) is 5.02. The van der Waals surface area contributed by atoms with Gasteiger partial charge in [-0.25, -0.2) is 0 Å². The zero-order valence-corrected chi connectivity index (χ0v) is 15.1. The van der Waals surface area contributed by atoms with Crippen LogP contribution in [0, 0.1) is 0 Å². The van der Waals surface area contributed by atoms with Gasteiger partial charge in [0.05, 0.1) is 11.7 Å². The number of hydrogen-bond donors (Lipinski definition) is 0. The van der Waals surface area contributed by atoms with Crippen molar-refractivity contribution >= 4 is 5.97 Å². The highest BCUT2D eigenvalue weighted by Crippen LogP contribution is 2.55. The average molecular weight is 328 g/mol. The Labute approximate surface area is 137 Å². The van der Waals surface area contributed by atoms with Gasteiger partial charge in [0.25, 0.3) is 0 Å². The molecule has 6 heteroatoms. The topological polar surface area (TPSA) is 63.2 Å². The zero-order chi connectivity index (χ0) is 17.3. The fourth-order valence-electron chi connectivity index (χ4n) is 4.48. The molecule has 2 heterocycles. The minimum absolute atomic E-state index is 0.108. The van der Waals surface area contributed by atoms with Crippen LogP contribution in [0.15, 0.2) is 0 Å². The van der Waals surface area contributed by atoms with Crippen LogP contribution in [0.5, 0.6) is 0 Å². The molecule has 2 saturated heterocycles. The van der Waals surface area contributed by atoms with E-state index in [0.29, 0.717) is 6.42 Å². The molecular formula is C17H28O6. The maximum Gasteiger partial charge on any atom is 0.303 e. The number of rotatable bonds is 1. The standard InChI is InChI=1S/C17H28O6/c1-10(18)19-13-12-11(20-15(4,5)21-12)8-9-17(13)14(2,3)22-16(6,7)23-17/h11-13H,8-9H2,1-7H3/t11-,12-,13+,17-/m1/s1. The van der Waals surface area contributed by atoms with E-state index in [2.05, 4.69) is 0 Å². The Kier molecular flexibility index (Phi) is 3.66. The van der Waals surface area contributed by atoms with Crippen molar-refractivity contribution in [3.8, 4) is 0 Å². The Bertz CT molecular complexity index is 511. The second kappa shape index (κ2) is 4.91. The van der Waals surface area contributed by atoms with Crippen LogP contribution >= 0.6 is 0 Å². The van der Waals surface area contributed by atoms with Gasteiger partial charge in [-0.3, -0.25) is 4.79 Å². The van der Waals surface area contributed by atoms with E-state index in [1.54, 1.807) is 0 Å². The molecule has 0 unspecified atom stereocenters. The van der Waals surface area contributed by atoms with Gasteiger partial charge in [-0.15, -0.1) is 0 Å². The summed E-state index contributed by atoms with van der Waals surface area (Å²) in [6.07, 6.45) is 0.413. The first-order valence-corrected chi connectivity index (χ1v) is 8.31. The highest BCUT2D eigenvalue weighted by atomic mass is 16.8. The van der Waals surface area contributed by atoms with Gasteiger partial charge < -0.3 is 23.7 Å². The summed E-state index contributed by atoms with van der Waals surface area (Å²) in [6, 6.07) is 0. The molecule has 1 aliphatic carbocycles. The molecule has 3 rings (SSSR count). The van der Waals surface area contributed by atoms with Crippen LogP contribution in [0.25, 0.3) is 0 Å². The van der Waals surface area contributed by atoms with E-state index in [-0.39, 0.29) is 18.2 Å². The van der Waals surface area contributed by atoms with Crippen molar-refractivity contribution in [3.05, 3.63) is 0 Å². The molecule has 2 aliphatic heterocycles. The molecule has 0 bridgehead atoms. The quantitative estimate of drug-likeness (QED) is 0.689. The lowest BCUT2D eigenvalue weighted by Gasteiger charge is -2.48.